The molecule has 0 saturated carbocycles. The van der Waals surface area contributed by atoms with Gasteiger partial charge in [0.2, 0.25) is 0 Å². The van der Waals surface area contributed by atoms with Crippen LogP contribution in [0, 0.1) is 11.6 Å². The highest BCUT2D eigenvalue weighted by Crippen LogP contribution is 2.29. The van der Waals surface area contributed by atoms with E-state index in [1.54, 1.807) is 24.3 Å². The molecular formula is C14H12F2O2. The van der Waals surface area contributed by atoms with Gasteiger partial charge in [-0.25, -0.2) is 8.78 Å². The highest BCUT2D eigenvalue weighted by Gasteiger charge is 2.13. The zero-order chi connectivity index (χ0) is 13.1. The van der Waals surface area contributed by atoms with E-state index in [4.69, 9.17) is 9.84 Å². The van der Waals surface area contributed by atoms with Crippen molar-refractivity contribution in [2.75, 3.05) is 7.11 Å². The predicted octanol–water partition coefficient (Wildman–Crippen LogP) is 3.13. The van der Waals surface area contributed by atoms with Crippen molar-refractivity contribution in [2.45, 2.75) is 6.61 Å². The van der Waals surface area contributed by atoms with Gasteiger partial charge in [-0.3, -0.25) is 0 Å². The molecule has 0 aliphatic carbocycles. The van der Waals surface area contributed by atoms with Gasteiger partial charge in [0.1, 0.15) is 17.4 Å². The van der Waals surface area contributed by atoms with Crippen LogP contribution in [0.5, 0.6) is 5.75 Å². The Morgan fingerprint density at radius 1 is 1.11 bits per heavy atom. The first kappa shape index (κ1) is 12.5. The highest BCUT2D eigenvalue weighted by molar-refractivity contribution is 5.66. The number of halogens is 2. The predicted molar refractivity (Wildman–Crippen MR) is 64.3 cm³/mol. The van der Waals surface area contributed by atoms with Crippen LogP contribution in [0.1, 0.15) is 5.56 Å². The first-order valence-electron chi connectivity index (χ1n) is 5.39. The SMILES string of the molecule is COc1cccc(-c2c(F)cc(CO)cc2F)c1. The van der Waals surface area contributed by atoms with Crippen molar-refractivity contribution >= 4 is 0 Å². The smallest absolute Gasteiger partial charge is 0.134 e. The Bertz CT molecular complexity index is 544. The highest BCUT2D eigenvalue weighted by atomic mass is 19.1. The second-order valence-corrected chi connectivity index (χ2v) is 3.82. The van der Waals surface area contributed by atoms with Crippen molar-refractivity contribution in [1.29, 1.82) is 0 Å². The fourth-order valence-electron chi connectivity index (χ4n) is 1.77. The number of benzene rings is 2. The quantitative estimate of drug-likeness (QED) is 0.906. The number of hydrogen-bond acceptors (Lipinski definition) is 2. The minimum absolute atomic E-state index is 0.119. The third-order valence-electron chi connectivity index (χ3n) is 2.64. The van der Waals surface area contributed by atoms with Crippen LogP contribution in [0.2, 0.25) is 0 Å². The Labute approximate surface area is 103 Å². The minimum atomic E-state index is -0.702. The first-order chi connectivity index (χ1) is 8.65. The summed E-state index contributed by atoms with van der Waals surface area (Å²) in [4.78, 5) is 0. The van der Waals surface area contributed by atoms with E-state index in [1.165, 1.54) is 7.11 Å². The summed E-state index contributed by atoms with van der Waals surface area (Å²) in [5.74, 6) is -0.878. The van der Waals surface area contributed by atoms with Crippen LogP contribution >= 0.6 is 0 Å². The van der Waals surface area contributed by atoms with E-state index < -0.39 is 18.2 Å². The summed E-state index contributed by atoms with van der Waals surface area (Å²) in [6.45, 7) is -0.397. The monoisotopic (exact) mass is 250 g/mol. The van der Waals surface area contributed by atoms with E-state index in [2.05, 4.69) is 0 Å². The molecule has 0 aliphatic rings. The topological polar surface area (TPSA) is 29.5 Å². The summed E-state index contributed by atoms with van der Waals surface area (Å²) >= 11 is 0. The van der Waals surface area contributed by atoms with Gasteiger partial charge in [-0.05, 0) is 35.4 Å². The molecule has 2 rings (SSSR count). The molecule has 0 fully saturated rings. The van der Waals surface area contributed by atoms with Gasteiger partial charge in [-0.15, -0.1) is 0 Å². The molecule has 0 aromatic heterocycles. The van der Waals surface area contributed by atoms with Gasteiger partial charge in [-0.2, -0.15) is 0 Å². The normalized spacial score (nSPS) is 10.4. The standard InChI is InChI=1S/C14H12F2O2/c1-18-11-4-2-3-10(7-11)14-12(15)5-9(8-17)6-13(14)16/h2-7,17H,8H2,1H3. The van der Waals surface area contributed by atoms with E-state index >= 15 is 0 Å². The average Bonchev–Trinajstić information content (AvgIpc) is 2.38. The van der Waals surface area contributed by atoms with Gasteiger partial charge < -0.3 is 9.84 Å². The number of methoxy groups -OCH3 is 1. The first-order valence-corrected chi connectivity index (χ1v) is 5.39. The number of hydrogen-bond donors (Lipinski definition) is 1. The van der Waals surface area contributed by atoms with Crippen molar-refractivity contribution < 1.29 is 18.6 Å². The van der Waals surface area contributed by atoms with Crippen molar-refractivity contribution in [1.82, 2.24) is 0 Å². The molecular weight excluding hydrogens is 238 g/mol. The molecule has 0 aliphatic heterocycles. The van der Waals surface area contributed by atoms with Crippen LogP contribution in [0.3, 0.4) is 0 Å². The summed E-state index contributed by atoms with van der Waals surface area (Å²) in [6.07, 6.45) is 0. The molecule has 2 aromatic rings. The third kappa shape index (κ3) is 2.33. The molecule has 0 unspecified atom stereocenters. The number of aliphatic hydroxyl groups is 1. The molecule has 0 spiro atoms. The van der Waals surface area contributed by atoms with Crippen molar-refractivity contribution in [3.05, 3.63) is 53.6 Å². The number of aliphatic hydroxyl groups excluding tert-OH is 1. The zero-order valence-corrected chi connectivity index (χ0v) is 9.78. The molecule has 2 aromatic carbocycles. The largest absolute Gasteiger partial charge is 0.497 e. The Balaban J connectivity index is 2.56. The van der Waals surface area contributed by atoms with Gasteiger partial charge in [0, 0.05) is 0 Å². The van der Waals surface area contributed by atoms with Crippen LogP contribution in [0.25, 0.3) is 11.1 Å². The zero-order valence-electron chi connectivity index (χ0n) is 9.78. The average molecular weight is 250 g/mol. The van der Waals surface area contributed by atoms with Crippen LogP contribution in [0.15, 0.2) is 36.4 Å². The van der Waals surface area contributed by atoms with Gasteiger partial charge >= 0.3 is 0 Å². The summed E-state index contributed by atoms with van der Waals surface area (Å²) in [5, 5.41) is 8.88. The maximum atomic E-state index is 13.8. The number of rotatable bonds is 3. The van der Waals surface area contributed by atoms with Gasteiger partial charge in [-0.1, -0.05) is 12.1 Å². The molecule has 4 heteroatoms. The molecule has 0 heterocycles. The third-order valence-corrected chi connectivity index (χ3v) is 2.64. The van der Waals surface area contributed by atoms with E-state index in [-0.39, 0.29) is 11.1 Å². The number of ether oxygens (including phenoxy) is 1. The lowest BCUT2D eigenvalue weighted by molar-refractivity contribution is 0.280. The Kier molecular flexibility index (Phi) is 3.58. The summed E-state index contributed by atoms with van der Waals surface area (Å²) in [6, 6.07) is 8.76. The van der Waals surface area contributed by atoms with Gasteiger partial charge in [0.25, 0.3) is 0 Å². The maximum Gasteiger partial charge on any atom is 0.134 e. The molecule has 2 nitrogen and oxygen atoms in total. The van der Waals surface area contributed by atoms with Crippen LogP contribution in [-0.4, -0.2) is 12.2 Å². The Morgan fingerprint density at radius 3 is 2.33 bits per heavy atom. The van der Waals surface area contributed by atoms with E-state index in [1.807, 2.05) is 0 Å². The second kappa shape index (κ2) is 5.14. The molecule has 0 saturated heterocycles. The van der Waals surface area contributed by atoms with Gasteiger partial charge in [0.05, 0.1) is 19.3 Å². The summed E-state index contributed by atoms with van der Waals surface area (Å²) in [7, 11) is 1.49. The van der Waals surface area contributed by atoms with E-state index in [9.17, 15) is 8.78 Å². The molecule has 0 bridgehead atoms. The lowest BCUT2D eigenvalue weighted by atomic mass is 10.0. The maximum absolute atomic E-state index is 13.8. The molecule has 1 N–H and O–H groups in total. The summed E-state index contributed by atoms with van der Waals surface area (Å²) < 4.78 is 32.7. The van der Waals surface area contributed by atoms with Gasteiger partial charge in [0.15, 0.2) is 0 Å². The van der Waals surface area contributed by atoms with Crippen LogP contribution in [0.4, 0.5) is 8.78 Å². The van der Waals surface area contributed by atoms with Crippen LogP contribution in [-0.2, 0) is 6.61 Å². The van der Waals surface area contributed by atoms with Crippen molar-refractivity contribution in [3.8, 4) is 16.9 Å². The lowest BCUT2D eigenvalue weighted by Gasteiger charge is -2.08. The van der Waals surface area contributed by atoms with Crippen LogP contribution < -0.4 is 4.74 Å². The minimum Gasteiger partial charge on any atom is -0.497 e. The molecule has 0 atom stereocenters. The lowest BCUT2D eigenvalue weighted by Crippen LogP contribution is -1.95. The molecule has 0 amide bonds. The Hall–Kier alpha value is -1.94. The molecule has 18 heavy (non-hydrogen) atoms. The molecule has 94 valence electrons. The second-order valence-electron chi connectivity index (χ2n) is 3.82. The summed E-state index contributed by atoms with van der Waals surface area (Å²) in [5.41, 5.74) is 0.483. The fraction of sp³-hybridized carbons (Fsp3) is 0.143. The van der Waals surface area contributed by atoms with E-state index in [0.29, 0.717) is 11.3 Å². The van der Waals surface area contributed by atoms with E-state index in [0.717, 1.165) is 12.1 Å². The molecule has 0 radical (unpaired) electrons. The van der Waals surface area contributed by atoms with Crippen molar-refractivity contribution in [3.63, 3.8) is 0 Å². The Morgan fingerprint density at radius 2 is 1.78 bits per heavy atom. The van der Waals surface area contributed by atoms with Crippen molar-refractivity contribution in [2.24, 2.45) is 0 Å². The fourth-order valence-corrected chi connectivity index (χ4v) is 1.77.